The predicted molar refractivity (Wildman–Crippen MR) is 55.7 cm³/mol. The smallest absolute Gasteiger partial charge is 0.340 e. The van der Waals surface area contributed by atoms with Crippen LogP contribution in [-0.2, 0) is 4.74 Å². The Hall–Kier alpha value is 0.130. The third-order valence-electron chi connectivity index (χ3n) is 1.18. The second-order valence-electron chi connectivity index (χ2n) is 1.96. The summed E-state index contributed by atoms with van der Waals surface area (Å²) in [7, 11) is 0. The molecule has 1 aromatic heterocycles. The third kappa shape index (κ3) is 2.08. The van der Waals surface area contributed by atoms with Crippen LogP contribution in [-0.4, -0.2) is 12.6 Å². The number of halogens is 2. The van der Waals surface area contributed by atoms with Crippen molar-refractivity contribution in [3.8, 4) is 0 Å². The Labute approximate surface area is 91.2 Å². The zero-order valence-corrected chi connectivity index (χ0v) is 10.3. The van der Waals surface area contributed by atoms with Crippen LogP contribution in [0.3, 0.4) is 0 Å². The van der Waals surface area contributed by atoms with E-state index in [2.05, 4.69) is 31.9 Å². The van der Waals surface area contributed by atoms with Crippen LogP contribution >= 0.6 is 43.2 Å². The quantitative estimate of drug-likeness (QED) is 0.782. The molecule has 2 nitrogen and oxygen atoms in total. The lowest BCUT2D eigenvalue weighted by Gasteiger charge is -1.98. The van der Waals surface area contributed by atoms with Gasteiger partial charge in [0.05, 0.1) is 20.4 Å². The summed E-state index contributed by atoms with van der Waals surface area (Å²) >= 11 is 8.04. The lowest BCUT2D eigenvalue weighted by molar-refractivity contribution is 0.0526. The number of rotatable bonds is 2. The van der Waals surface area contributed by atoms with Crippen molar-refractivity contribution in [2.75, 3.05) is 6.61 Å². The number of esters is 1. The van der Waals surface area contributed by atoms with Gasteiger partial charge in [-0.15, -0.1) is 11.3 Å². The van der Waals surface area contributed by atoms with Crippen molar-refractivity contribution in [3.05, 3.63) is 19.2 Å². The molecule has 0 atom stereocenters. The first-order chi connectivity index (χ1) is 5.66. The first kappa shape index (κ1) is 10.2. The van der Waals surface area contributed by atoms with E-state index in [-0.39, 0.29) is 5.97 Å². The average molecular weight is 314 g/mol. The average Bonchev–Trinajstić information content (AvgIpc) is 2.34. The van der Waals surface area contributed by atoms with Gasteiger partial charge in [0.1, 0.15) is 0 Å². The molecule has 0 spiro atoms. The highest BCUT2D eigenvalue weighted by atomic mass is 79.9. The largest absolute Gasteiger partial charge is 0.462 e. The van der Waals surface area contributed by atoms with Gasteiger partial charge in [-0.3, -0.25) is 0 Å². The molecule has 1 heterocycles. The minimum Gasteiger partial charge on any atom is -0.462 e. The second kappa shape index (κ2) is 4.39. The fourth-order valence-corrected chi connectivity index (χ4v) is 2.52. The molecule has 5 heteroatoms. The Morgan fingerprint density at radius 1 is 1.67 bits per heavy atom. The first-order valence-corrected chi connectivity index (χ1v) is 5.73. The van der Waals surface area contributed by atoms with Gasteiger partial charge in [0.25, 0.3) is 0 Å². The van der Waals surface area contributed by atoms with E-state index in [4.69, 9.17) is 4.74 Å². The second-order valence-corrected chi connectivity index (χ2v) is 4.95. The highest BCUT2D eigenvalue weighted by Crippen LogP contribution is 2.33. The van der Waals surface area contributed by atoms with E-state index in [9.17, 15) is 4.79 Å². The van der Waals surface area contributed by atoms with Crippen molar-refractivity contribution in [2.45, 2.75) is 6.92 Å². The van der Waals surface area contributed by atoms with Crippen LogP contribution < -0.4 is 0 Å². The summed E-state index contributed by atoms with van der Waals surface area (Å²) < 4.78 is 6.52. The summed E-state index contributed by atoms with van der Waals surface area (Å²) in [6.07, 6.45) is 0. The fourth-order valence-electron chi connectivity index (χ4n) is 0.667. The molecule has 0 saturated carbocycles. The third-order valence-corrected chi connectivity index (χ3v) is 4.52. The maximum Gasteiger partial charge on any atom is 0.340 e. The van der Waals surface area contributed by atoms with Gasteiger partial charge in [0.2, 0.25) is 0 Å². The van der Waals surface area contributed by atoms with Gasteiger partial charge >= 0.3 is 5.97 Å². The highest BCUT2D eigenvalue weighted by molar-refractivity contribution is 9.13. The van der Waals surface area contributed by atoms with Gasteiger partial charge in [-0.1, -0.05) is 0 Å². The van der Waals surface area contributed by atoms with Crippen molar-refractivity contribution >= 4 is 49.2 Å². The van der Waals surface area contributed by atoms with Crippen LogP contribution in [0.4, 0.5) is 0 Å². The van der Waals surface area contributed by atoms with Crippen LogP contribution in [0.1, 0.15) is 17.3 Å². The van der Waals surface area contributed by atoms with Gasteiger partial charge in [-0.25, -0.2) is 4.79 Å². The molecule has 0 aromatic carbocycles. The minimum absolute atomic E-state index is 0.286. The van der Waals surface area contributed by atoms with Crippen LogP contribution in [0, 0.1) is 0 Å². The predicted octanol–water partition coefficient (Wildman–Crippen LogP) is 3.45. The Bertz CT molecular complexity index is 296. The normalized spacial score (nSPS) is 9.92. The minimum atomic E-state index is -0.286. The standard InChI is InChI=1S/C7H6Br2O2S/c1-2-11-7(10)4-3-12-6(9)5(4)8/h3H,2H2,1H3. The van der Waals surface area contributed by atoms with Crippen LogP contribution in [0.2, 0.25) is 0 Å². The van der Waals surface area contributed by atoms with E-state index in [0.29, 0.717) is 12.2 Å². The molecule has 0 aliphatic carbocycles. The van der Waals surface area contributed by atoms with Crippen LogP contribution in [0.15, 0.2) is 13.6 Å². The summed E-state index contributed by atoms with van der Waals surface area (Å²) in [6, 6.07) is 0. The van der Waals surface area contributed by atoms with E-state index in [0.717, 1.165) is 8.26 Å². The molecule has 0 bridgehead atoms. The highest BCUT2D eigenvalue weighted by Gasteiger charge is 2.14. The van der Waals surface area contributed by atoms with Gasteiger partial charge < -0.3 is 4.74 Å². The topological polar surface area (TPSA) is 26.3 Å². The maximum atomic E-state index is 11.2. The van der Waals surface area contributed by atoms with Gasteiger partial charge in [-0.2, -0.15) is 0 Å². The van der Waals surface area contributed by atoms with Gasteiger partial charge in [0, 0.05) is 5.38 Å². The SMILES string of the molecule is CCOC(=O)c1csc(Br)c1Br. The lowest BCUT2D eigenvalue weighted by Crippen LogP contribution is -2.03. The molecule has 0 saturated heterocycles. The molecule has 0 aliphatic heterocycles. The Kier molecular flexibility index (Phi) is 3.74. The van der Waals surface area contributed by atoms with E-state index in [1.807, 2.05) is 0 Å². The molecule has 0 fully saturated rings. The fraction of sp³-hybridized carbons (Fsp3) is 0.286. The Morgan fingerprint density at radius 2 is 2.33 bits per heavy atom. The molecular weight excluding hydrogens is 308 g/mol. The molecule has 0 N–H and O–H groups in total. The van der Waals surface area contributed by atoms with Crippen molar-refractivity contribution in [3.63, 3.8) is 0 Å². The molecule has 1 rings (SSSR count). The van der Waals surface area contributed by atoms with E-state index < -0.39 is 0 Å². The lowest BCUT2D eigenvalue weighted by atomic mass is 10.3. The van der Waals surface area contributed by atoms with Crippen LogP contribution in [0.25, 0.3) is 0 Å². The van der Waals surface area contributed by atoms with Gasteiger partial charge in [0.15, 0.2) is 0 Å². The monoisotopic (exact) mass is 312 g/mol. The summed E-state index contributed by atoms with van der Waals surface area (Å²) in [5, 5.41) is 1.76. The summed E-state index contributed by atoms with van der Waals surface area (Å²) in [6.45, 7) is 2.19. The maximum absolute atomic E-state index is 11.2. The molecular formula is C7H6Br2O2S. The summed E-state index contributed by atoms with van der Waals surface area (Å²) in [5.41, 5.74) is 0.578. The molecule has 0 unspecified atom stereocenters. The molecule has 12 heavy (non-hydrogen) atoms. The van der Waals surface area contributed by atoms with E-state index in [1.54, 1.807) is 12.3 Å². The van der Waals surface area contributed by atoms with Crippen molar-refractivity contribution < 1.29 is 9.53 Å². The number of carbonyl (C=O) groups excluding carboxylic acids is 1. The zero-order valence-electron chi connectivity index (χ0n) is 6.27. The number of hydrogen-bond acceptors (Lipinski definition) is 3. The van der Waals surface area contributed by atoms with Crippen molar-refractivity contribution in [1.82, 2.24) is 0 Å². The summed E-state index contributed by atoms with van der Waals surface area (Å²) in [5.74, 6) is -0.286. The Balaban J connectivity index is 2.88. The van der Waals surface area contributed by atoms with Gasteiger partial charge in [-0.05, 0) is 38.8 Å². The number of hydrogen-bond donors (Lipinski definition) is 0. The molecule has 66 valence electrons. The number of thiophene rings is 1. The van der Waals surface area contributed by atoms with Crippen molar-refractivity contribution in [2.24, 2.45) is 0 Å². The van der Waals surface area contributed by atoms with Crippen LogP contribution in [0.5, 0.6) is 0 Å². The zero-order chi connectivity index (χ0) is 9.14. The van der Waals surface area contributed by atoms with E-state index in [1.165, 1.54) is 11.3 Å². The van der Waals surface area contributed by atoms with E-state index >= 15 is 0 Å². The Morgan fingerprint density at radius 3 is 2.75 bits per heavy atom. The number of ether oxygens (including phenoxy) is 1. The summed E-state index contributed by atoms with van der Waals surface area (Å²) in [4.78, 5) is 11.2. The molecule has 1 aromatic rings. The number of carbonyl (C=O) groups is 1. The molecule has 0 radical (unpaired) electrons. The van der Waals surface area contributed by atoms with Crippen molar-refractivity contribution in [1.29, 1.82) is 0 Å². The molecule has 0 amide bonds. The molecule has 0 aliphatic rings. The first-order valence-electron chi connectivity index (χ1n) is 3.26.